The highest BCUT2D eigenvalue weighted by Crippen LogP contribution is 2.18. The fraction of sp³-hybridized carbons (Fsp3) is 0.333. The van der Waals surface area contributed by atoms with Gasteiger partial charge in [0.2, 0.25) is 0 Å². The predicted molar refractivity (Wildman–Crippen MR) is 32.5 cm³/mol. The van der Waals surface area contributed by atoms with Gasteiger partial charge < -0.3 is 0 Å². The lowest BCUT2D eigenvalue weighted by molar-refractivity contribution is 0.395. The average Bonchev–Trinajstić information content (AvgIpc) is 1.80. The van der Waals surface area contributed by atoms with E-state index >= 15 is 0 Å². The quantitative estimate of drug-likeness (QED) is 0.432. The van der Waals surface area contributed by atoms with E-state index in [9.17, 15) is 8.78 Å². The van der Waals surface area contributed by atoms with E-state index in [-0.39, 0.29) is 11.9 Å². The van der Waals surface area contributed by atoms with Crippen molar-refractivity contribution >= 4 is 7.85 Å². The molecular weight excluding hydrogens is 121 g/mol. The van der Waals surface area contributed by atoms with Crippen LogP contribution in [0.15, 0.2) is 23.5 Å². The van der Waals surface area contributed by atoms with Gasteiger partial charge in [0.25, 0.3) is 0 Å². The first-order chi connectivity index (χ1) is 4.20. The molecule has 46 valence electrons. The van der Waals surface area contributed by atoms with E-state index in [1.165, 1.54) is 0 Å². The first kappa shape index (κ1) is 6.52. The molecule has 0 saturated carbocycles. The minimum Gasteiger partial charge on any atom is -0.243 e. The SMILES string of the molecule is [B]C1=CC(F)CC=C1F. The minimum absolute atomic E-state index is 0.0891. The van der Waals surface area contributed by atoms with Gasteiger partial charge in [0.05, 0.1) is 0 Å². The Morgan fingerprint density at radius 2 is 2.33 bits per heavy atom. The molecule has 0 aromatic heterocycles. The third-order valence-electron chi connectivity index (χ3n) is 1.16. The molecule has 1 unspecified atom stereocenters. The predicted octanol–water partition coefficient (Wildman–Crippen LogP) is 1.63. The molecule has 0 nitrogen and oxygen atoms in total. The molecule has 1 aliphatic rings. The highest BCUT2D eigenvalue weighted by Gasteiger charge is 2.09. The lowest BCUT2D eigenvalue weighted by Crippen LogP contribution is -2.01. The van der Waals surface area contributed by atoms with Crippen molar-refractivity contribution in [3.63, 3.8) is 0 Å². The van der Waals surface area contributed by atoms with Crippen LogP contribution in [-0.4, -0.2) is 14.0 Å². The molecule has 1 atom stereocenters. The summed E-state index contributed by atoms with van der Waals surface area (Å²) in [6.07, 6.45) is 1.23. The Morgan fingerprint density at radius 1 is 1.67 bits per heavy atom. The molecule has 0 aromatic carbocycles. The van der Waals surface area contributed by atoms with Crippen molar-refractivity contribution < 1.29 is 8.78 Å². The Balaban J connectivity index is 2.75. The number of allylic oxidation sites excluding steroid dienone is 4. The van der Waals surface area contributed by atoms with Crippen molar-refractivity contribution in [2.24, 2.45) is 0 Å². The molecule has 0 saturated heterocycles. The largest absolute Gasteiger partial charge is 0.243 e. The standard InChI is InChI=1S/C6H5BF2/c7-5-3-4(8)1-2-6(5)9/h2-4H,1H2. The van der Waals surface area contributed by atoms with Gasteiger partial charge in [-0.2, -0.15) is 0 Å². The molecule has 0 spiro atoms. The summed E-state index contributed by atoms with van der Waals surface area (Å²) in [5.74, 6) is -0.510. The van der Waals surface area contributed by atoms with Crippen molar-refractivity contribution in [1.82, 2.24) is 0 Å². The lowest BCUT2D eigenvalue weighted by Gasteiger charge is -2.07. The summed E-state index contributed by atoms with van der Waals surface area (Å²) < 4.78 is 24.5. The molecule has 1 aliphatic carbocycles. The molecule has 1 rings (SSSR count). The Labute approximate surface area is 53.7 Å². The van der Waals surface area contributed by atoms with E-state index in [4.69, 9.17) is 7.85 Å². The van der Waals surface area contributed by atoms with Crippen LogP contribution in [-0.2, 0) is 0 Å². The number of rotatable bonds is 0. The third-order valence-corrected chi connectivity index (χ3v) is 1.16. The second kappa shape index (κ2) is 2.34. The molecule has 0 aliphatic heterocycles. The van der Waals surface area contributed by atoms with Crippen LogP contribution in [0.5, 0.6) is 0 Å². The van der Waals surface area contributed by atoms with E-state index < -0.39 is 12.0 Å². The van der Waals surface area contributed by atoms with Gasteiger partial charge in [-0.3, -0.25) is 0 Å². The summed E-state index contributed by atoms with van der Waals surface area (Å²) in [6, 6.07) is 0. The fourth-order valence-electron chi connectivity index (χ4n) is 0.676. The van der Waals surface area contributed by atoms with Crippen LogP contribution >= 0.6 is 0 Å². The summed E-state index contributed by atoms with van der Waals surface area (Å²) in [4.78, 5) is 0. The van der Waals surface area contributed by atoms with Crippen molar-refractivity contribution in [2.75, 3.05) is 0 Å². The number of halogens is 2. The van der Waals surface area contributed by atoms with E-state index in [0.717, 1.165) is 12.2 Å². The average molecular weight is 126 g/mol. The number of alkyl halides is 1. The van der Waals surface area contributed by atoms with E-state index in [0.29, 0.717) is 0 Å². The Hall–Kier alpha value is -0.595. The summed E-state index contributed by atoms with van der Waals surface area (Å²) in [5.41, 5.74) is -0.0891. The fourth-order valence-corrected chi connectivity index (χ4v) is 0.676. The molecule has 0 heterocycles. The molecule has 0 fully saturated rings. The number of hydrogen-bond donors (Lipinski definition) is 0. The minimum atomic E-state index is -1.11. The first-order valence-electron chi connectivity index (χ1n) is 2.67. The maximum atomic E-state index is 12.3. The first-order valence-corrected chi connectivity index (χ1v) is 2.67. The monoisotopic (exact) mass is 126 g/mol. The van der Waals surface area contributed by atoms with Crippen molar-refractivity contribution in [1.29, 1.82) is 0 Å². The van der Waals surface area contributed by atoms with Gasteiger partial charge in [-0.05, 0) is 6.08 Å². The highest BCUT2D eigenvalue weighted by atomic mass is 19.1. The molecule has 2 radical (unpaired) electrons. The van der Waals surface area contributed by atoms with Gasteiger partial charge in [-0.15, -0.1) is 0 Å². The van der Waals surface area contributed by atoms with Crippen LogP contribution < -0.4 is 0 Å². The van der Waals surface area contributed by atoms with Gasteiger partial charge in [0.1, 0.15) is 19.8 Å². The van der Waals surface area contributed by atoms with Crippen molar-refractivity contribution in [3.05, 3.63) is 23.5 Å². The summed E-state index contributed by atoms with van der Waals surface area (Å²) in [5, 5.41) is 0. The smallest absolute Gasteiger partial charge is 0.122 e. The van der Waals surface area contributed by atoms with Gasteiger partial charge in [0.15, 0.2) is 0 Å². The zero-order valence-corrected chi connectivity index (χ0v) is 4.77. The zero-order chi connectivity index (χ0) is 6.85. The normalized spacial score (nSPS) is 27.1. The van der Waals surface area contributed by atoms with Crippen LogP contribution in [0.25, 0.3) is 0 Å². The molecule has 9 heavy (non-hydrogen) atoms. The lowest BCUT2D eigenvalue weighted by atomic mass is 9.89. The highest BCUT2D eigenvalue weighted by molar-refractivity contribution is 6.24. The van der Waals surface area contributed by atoms with Crippen LogP contribution in [0.4, 0.5) is 8.78 Å². The Bertz CT molecular complexity index is 172. The van der Waals surface area contributed by atoms with Crippen LogP contribution in [0.3, 0.4) is 0 Å². The summed E-state index contributed by atoms with van der Waals surface area (Å²) in [6.45, 7) is 0. The Kier molecular flexibility index (Phi) is 1.69. The van der Waals surface area contributed by atoms with Gasteiger partial charge >= 0.3 is 0 Å². The van der Waals surface area contributed by atoms with Crippen molar-refractivity contribution in [3.8, 4) is 0 Å². The van der Waals surface area contributed by atoms with Crippen LogP contribution in [0, 0.1) is 0 Å². The molecule has 3 heteroatoms. The van der Waals surface area contributed by atoms with E-state index in [1.54, 1.807) is 0 Å². The summed E-state index contributed by atoms with van der Waals surface area (Å²) in [7, 11) is 5.05. The molecule has 0 N–H and O–H groups in total. The molecule has 0 bridgehead atoms. The van der Waals surface area contributed by atoms with Gasteiger partial charge in [0, 0.05) is 6.42 Å². The number of hydrogen-bond acceptors (Lipinski definition) is 0. The Morgan fingerprint density at radius 3 is 2.78 bits per heavy atom. The zero-order valence-electron chi connectivity index (χ0n) is 4.77. The second-order valence-electron chi connectivity index (χ2n) is 1.93. The van der Waals surface area contributed by atoms with Crippen molar-refractivity contribution in [2.45, 2.75) is 12.6 Å². The van der Waals surface area contributed by atoms with Gasteiger partial charge in [-0.1, -0.05) is 11.5 Å². The molecule has 0 amide bonds. The van der Waals surface area contributed by atoms with E-state index in [1.807, 2.05) is 0 Å². The molecule has 0 aromatic rings. The third kappa shape index (κ3) is 1.41. The van der Waals surface area contributed by atoms with Gasteiger partial charge in [-0.25, -0.2) is 8.78 Å². The summed E-state index contributed by atoms with van der Waals surface area (Å²) >= 11 is 0. The maximum absolute atomic E-state index is 12.3. The van der Waals surface area contributed by atoms with Crippen LogP contribution in [0.1, 0.15) is 6.42 Å². The van der Waals surface area contributed by atoms with Crippen LogP contribution in [0.2, 0.25) is 0 Å². The maximum Gasteiger partial charge on any atom is 0.122 e. The molecular formula is C6H5BF2. The second-order valence-corrected chi connectivity index (χ2v) is 1.93. The van der Waals surface area contributed by atoms with E-state index in [2.05, 4.69) is 0 Å². The topological polar surface area (TPSA) is 0 Å².